The Balaban J connectivity index is 2.79. The number of ether oxygens (including phenoxy) is 1. The van der Waals surface area contributed by atoms with Crippen molar-refractivity contribution in [3.05, 3.63) is 0 Å². The number of carbonyl (C=O) groups excluding carboxylic acids is 2. The highest BCUT2D eigenvalue weighted by molar-refractivity contribution is 6.01. The van der Waals surface area contributed by atoms with E-state index in [1.165, 1.54) is 0 Å². The molecule has 1 rings (SSSR count). The Morgan fingerprint density at radius 2 is 2.06 bits per heavy atom. The van der Waals surface area contributed by atoms with Gasteiger partial charge >= 0.3 is 5.97 Å². The molecule has 0 aromatic heterocycles. The van der Waals surface area contributed by atoms with Crippen LogP contribution in [0.15, 0.2) is 0 Å². The Morgan fingerprint density at radius 3 is 2.56 bits per heavy atom. The van der Waals surface area contributed by atoms with Crippen molar-refractivity contribution in [1.82, 2.24) is 0 Å². The lowest BCUT2D eigenvalue weighted by Crippen LogP contribution is -2.41. The quantitative estimate of drug-likeness (QED) is 0.548. The van der Waals surface area contributed by atoms with Crippen LogP contribution >= 0.6 is 0 Å². The van der Waals surface area contributed by atoms with Crippen LogP contribution in [0.5, 0.6) is 0 Å². The average Bonchev–Trinajstić information content (AvgIpc) is 2.17. The summed E-state index contributed by atoms with van der Waals surface area (Å²) in [5.41, 5.74) is 0. The lowest BCUT2D eigenvalue weighted by Gasteiger charge is -2.33. The molecule has 3 heteroatoms. The van der Waals surface area contributed by atoms with E-state index in [1.54, 1.807) is 6.92 Å². The molecule has 92 valence electrons. The van der Waals surface area contributed by atoms with Gasteiger partial charge in [0.1, 0.15) is 5.92 Å². The molecule has 1 saturated carbocycles. The highest BCUT2D eigenvalue weighted by Gasteiger charge is 2.42. The van der Waals surface area contributed by atoms with Crippen LogP contribution < -0.4 is 0 Å². The molecule has 3 unspecified atom stereocenters. The predicted octanol–water partition coefficient (Wildman–Crippen LogP) is 2.44. The Bertz CT molecular complexity index is 270. The van der Waals surface area contributed by atoms with Crippen LogP contribution in [0.3, 0.4) is 0 Å². The Morgan fingerprint density at radius 1 is 1.44 bits per heavy atom. The summed E-state index contributed by atoms with van der Waals surface area (Å²) in [7, 11) is 0. The third-order valence-corrected chi connectivity index (χ3v) is 3.52. The van der Waals surface area contributed by atoms with Crippen LogP contribution in [0.25, 0.3) is 0 Å². The van der Waals surface area contributed by atoms with E-state index in [9.17, 15) is 9.59 Å². The van der Waals surface area contributed by atoms with Crippen LogP contribution in [0, 0.1) is 23.7 Å². The summed E-state index contributed by atoms with van der Waals surface area (Å²) in [5.74, 6) is -0.289. The van der Waals surface area contributed by atoms with Gasteiger partial charge in [0.05, 0.1) is 6.61 Å². The number of rotatable bonds is 3. The average molecular weight is 226 g/mol. The summed E-state index contributed by atoms with van der Waals surface area (Å²) < 4.78 is 4.99. The van der Waals surface area contributed by atoms with Gasteiger partial charge in [-0.15, -0.1) is 0 Å². The van der Waals surface area contributed by atoms with E-state index in [0.29, 0.717) is 12.5 Å². The molecule has 0 spiro atoms. The maximum absolute atomic E-state index is 12.2. The van der Waals surface area contributed by atoms with Gasteiger partial charge in [-0.2, -0.15) is 0 Å². The Labute approximate surface area is 97.5 Å². The molecule has 0 N–H and O–H groups in total. The zero-order chi connectivity index (χ0) is 12.3. The van der Waals surface area contributed by atoms with E-state index in [1.807, 2.05) is 20.8 Å². The summed E-state index contributed by atoms with van der Waals surface area (Å²) in [4.78, 5) is 23.9. The zero-order valence-electron chi connectivity index (χ0n) is 10.7. The van der Waals surface area contributed by atoms with Gasteiger partial charge < -0.3 is 4.74 Å². The van der Waals surface area contributed by atoms with Crippen LogP contribution in [-0.2, 0) is 14.3 Å². The molecule has 1 aliphatic rings. The van der Waals surface area contributed by atoms with E-state index in [0.717, 1.165) is 12.8 Å². The second kappa shape index (κ2) is 5.46. The lowest BCUT2D eigenvalue weighted by molar-refractivity contribution is -0.157. The van der Waals surface area contributed by atoms with Crippen LogP contribution in [0.4, 0.5) is 0 Å². The van der Waals surface area contributed by atoms with E-state index in [2.05, 4.69) is 0 Å². The van der Waals surface area contributed by atoms with Crippen molar-refractivity contribution in [3.63, 3.8) is 0 Å². The third-order valence-electron chi connectivity index (χ3n) is 3.52. The maximum atomic E-state index is 12.2. The third kappa shape index (κ3) is 2.63. The topological polar surface area (TPSA) is 43.4 Å². The molecule has 0 saturated heterocycles. The van der Waals surface area contributed by atoms with Crippen molar-refractivity contribution < 1.29 is 14.3 Å². The number of esters is 1. The fourth-order valence-electron chi connectivity index (χ4n) is 2.50. The molecule has 0 heterocycles. The lowest BCUT2D eigenvalue weighted by atomic mass is 9.70. The van der Waals surface area contributed by atoms with Crippen molar-refractivity contribution in [2.75, 3.05) is 6.61 Å². The summed E-state index contributed by atoms with van der Waals surface area (Å²) in [5, 5.41) is 0. The van der Waals surface area contributed by atoms with Gasteiger partial charge in [-0.25, -0.2) is 0 Å². The van der Waals surface area contributed by atoms with Gasteiger partial charge in [-0.05, 0) is 31.6 Å². The number of ketones is 1. The first-order valence-electron chi connectivity index (χ1n) is 6.19. The van der Waals surface area contributed by atoms with E-state index in [4.69, 9.17) is 4.74 Å². The first-order chi connectivity index (χ1) is 7.49. The Kier molecular flexibility index (Phi) is 4.51. The summed E-state index contributed by atoms with van der Waals surface area (Å²) >= 11 is 0. The molecule has 0 aromatic rings. The van der Waals surface area contributed by atoms with Gasteiger partial charge in [0, 0.05) is 5.92 Å². The number of Topliss-reactive ketones (excluding diaryl/α,β-unsaturated/α-hetero) is 1. The Hall–Kier alpha value is -0.860. The summed E-state index contributed by atoms with van der Waals surface area (Å²) in [6.07, 6.45) is 1.85. The fraction of sp³-hybridized carbons (Fsp3) is 0.846. The SMILES string of the molecule is CCOC(=O)C1C(=O)C(C(C)C)CCC1C. The van der Waals surface area contributed by atoms with Crippen LogP contribution in [0.2, 0.25) is 0 Å². The highest BCUT2D eigenvalue weighted by Crippen LogP contribution is 2.35. The minimum absolute atomic E-state index is 0.0330. The number of carbonyl (C=O) groups is 2. The molecule has 1 aliphatic carbocycles. The molecule has 0 radical (unpaired) electrons. The van der Waals surface area contributed by atoms with Crippen molar-refractivity contribution in [3.8, 4) is 0 Å². The second-order valence-electron chi connectivity index (χ2n) is 5.04. The van der Waals surface area contributed by atoms with E-state index in [-0.39, 0.29) is 23.6 Å². The zero-order valence-corrected chi connectivity index (χ0v) is 10.7. The molecule has 0 amide bonds. The van der Waals surface area contributed by atoms with Crippen molar-refractivity contribution in [2.24, 2.45) is 23.7 Å². The minimum atomic E-state index is -0.527. The predicted molar refractivity (Wildman–Crippen MR) is 61.9 cm³/mol. The van der Waals surface area contributed by atoms with Crippen molar-refractivity contribution in [2.45, 2.75) is 40.5 Å². The van der Waals surface area contributed by atoms with Crippen LogP contribution in [0.1, 0.15) is 40.5 Å². The van der Waals surface area contributed by atoms with Gasteiger partial charge in [-0.3, -0.25) is 9.59 Å². The molecule has 1 fully saturated rings. The van der Waals surface area contributed by atoms with Crippen LogP contribution in [-0.4, -0.2) is 18.4 Å². The molecular formula is C13H22O3. The molecule has 16 heavy (non-hydrogen) atoms. The van der Waals surface area contributed by atoms with E-state index >= 15 is 0 Å². The molecule has 3 atom stereocenters. The number of hydrogen-bond donors (Lipinski definition) is 0. The van der Waals surface area contributed by atoms with Gasteiger partial charge in [0.15, 0.2) is 5.78 Å². The van der Waals surface area contributed by atoms with Gasteiger partial charge in [0.25, 0.3) is 0 Å². The van der Waals surface area contributed by atoms with Gasteiger partial charge in [0.2, 0.25) is 0 Å². The minimum Gasteiger partial charge on any atom is -0.465 e. The molecular weight excluding hydrogens is 204 g/mol. The van der Waals surface area contributed by atoms with Crippen molar-refractivity contribution in [1.29, 1.82) is 0 Å². The maximum Gasteiger partial charge on any atom is 0.316 e. The summed E-state index contributed by atoms with van der Waals surface area (Å²) in [6.45, 7) is 8.18. The van der Waals surface area contributed by atoms with E-state index < -0.39 is 5.92 Å². The molecule has 0 aromatic carbocycles. The normalized spacial score (nSPS) is 30.6. The van der Waals surface area contributed by atoms with Crippen molar-refractivity contribution >= 4 is 11.8 Å². The monoisotopic (exact) mass is 226 g/mol. The second-order valence-corrected chi connectivity index (χ2v) is 5.04. The first kappa shape index (κ1) is 13.2. The first-order valence-corrected chi connectivity index (χ1v) is 6.19. The smallest absolute Gasteiger partial charge is 0.316 e. The molecule has 3 nitrogen and oxygen atoms in total. The largest absolute Gasteiger partial charge is 0.465 e. The highest BCUT2D eigenvalue weighted by atomic mass is 16.5. The fourth-order valence-corrected chi connectivity index (χ4v) is 2.50. The molecule has 0 aliphatic heterocycles. The summed E-state index contributed by atoms with van der Waals surface area (Å²) in [6, 6.07) is 0. The molecule has 0 bridgehead atoms. The van der Waals surface area contributed by atoms with Gasteiger partial charge in [-0.1, -0.05) is 20.8 Å². The number of hydrogen-bond acceptors (Lipinski definition) is 3. The standard InChI is InChI=1S/C13H22O3/c1-5-16-13(15)11-9(4)6-7-10(8(2)3)12(11)14/h8-11H,5-7H2,1-4H3.